The zero-order chi connectivity index (χ0) is 26.8. The van der Waals surface area contributed by atoms with Crippen LogP contribution in [0.25, 0.3) is 5.69 Å². The first-order chi connectivity index (χ1) is 18.3. The van der Waals surface area contributed by atoms with Crippen molar-refractivity contribution in [3.05, 3.63) is 113 Å². The second kappa shape index (κ2) is 10.8. The summed E-state index contributed by atoms with van der Waals surface area (Å²) in [7, 11) is 0. The fourth-order valence-electron chi connectivity index (χ4n) is 5.22. The Morgan fingerprint density at radius 1 is 1.05 bits per heavy atom. The monoisotopic (exact) mass is 527 g/mol. The SMILES string of the molecule is Cc1ccccc1NC(=O)CCN1C(=S)N[C@@H](c2ccccn2)[C@@H]1c1cc(C)n(-c2ccccc2F)c1C. The van der Waals surface area contributed by atoms with Crippen molar-refractivity contribution < 1.29 is 9.18 Å². The van der Waals surface area contributed by atoms with Crippen molar-refractivity contribution in [3.63, 3.8) is 0 Å². The number of carbonyl (C=O) groups is 1. The number of halogens is 1. The van der Waals surface area contributed by atoms with Gasteiger partial charge in [0, 0.05) is 36.2 Å². The number of amides is 1. The van der Waals surface area contributed by atoms with Gasteiger partial charge in [0.1, 0.15) is 5.82 Å². The van der Waals surface area contributed by atoms with E-state index in [0.717, 1.165) is 33.9 Å². The second-order valence-corrected chi connectivity index (χ2v) is 9.93. The van der Waals surface area contributed by atoms with Crippen LogP contribution in [0, 0.1) is 26.6 Å². The van der Waals surface area contributed by atoms with Gasteiger partial charge in [-0.3, -0.25) is 9.78 Å². The number of hydrogen-bond donors (Lipinski definition) is 2. The molecule has 8 heteroatoms. The quantitative estimate of drug-likeness (QED) is 0.292. The number of carbonyl (C=O) groups excluding carboxylic acids is 1. The van der Waals surface area contributed by atoms with E-state index in [-0.39, 0.29) is 30.2 Å². The van der Waals surface area contributed by atoms with Crippen LogP contribution in [0.4, 0.5) is 10.1 Å². The van der Waals surface area contributed by atoms with Crippen LogP contribution in [0.15, 0.2) is 79.0 Å². The average Bonchev–Trinajstić information content (AvgIpc) is 3.39. The van der Waals surface area contributed by atoms with Gasteiger partial charge in [-0.2, -0.15) is 0 Å². The Hall–Kier alpha value is -4.04. The Bertz CT molecular complexity index is 1490. The number of nitrogens with one attached hydrogen (secondary N) is 2. The van der Waals surface area contributed by atoms with E-state index < -0.39 is 0 Å². The Balaban J connectivity index is 1.48. The van der Waals surface area contributed by atoms with Gasteiger partial charge in [0.25, 0.3) is 0 Å². The number of aromatic nitrogens is 2. The molecule has 0 radical (unpaired) electrons. The maximum atomic E-state index is 14.8. The lowest BCUT2D eigenvalue weighted by Crippen LogP contribution is -2.33. The maximum absolute atomic E-state index is 14.8. The number of anilines is 1. The van der Waals surface area contributed by atoms with Gasteiger partial charge in [-0.25, -0.2) is 4.39 Å². The number of para-hydroxylation sites is 2. The van der Waals surface area contributed by atoms with E-state index in [1.54, 1.807) is 18.3 Å². The first-order valence-corrected chi connectivity index (χ1v) is 13.0. The molecule has 0 aliphatic carbocycles. The van der Waals surface area contributed by atoms with E-state index in [2.05, 4.69) is 26.6 Å². The fourth-order valence-corrected chi connectivity index (χ4v) is 5.56. The van der Waals surface area contributed by atoms with Crippen molar-refractivity contribution >= 4 is 28.9 Å². The molecule has 0 unspecified atom stereocenters. The Morgan fingerprint density at radius 3 is 2.53 bits per heavy atom. The van der Waals surface area contributed by atoms with E-state index >= 15 is 0 Å². The van der Waals surface area contributed by atoms with Gasteiger partial charge < -0.3 is 20.1 Å². The predicted octanol–water partition coefficient (Wildman–Crippen LogP) is 5.94. The summed E-state index contributed by atoms with van der Waals surface area (Å²) >= 11 is 5.78. The molecule has 0 bridgehead atoms. The molecule has 2 atom stereocenters. The molecule has 1 aliphatic heterocycles. The molecule has 6 nitrogen and oxygen atoms in total. The molecule has 4 aromatic rings. The number of pyridine rings is 1. The molecule has 5 rings (SSSR count). The summed E-state index contributed by atoms with van der Waals surface area (Å²) in [6.45, 7) is 6.35. The molecular formula is C30H30FN5OS. The summed E-state index contributed by atoms with van der Waals surface area (Å²) in [5.41, 5.74) is 6.00. The van der Waals surface area contributed by atoms with Crippen LogP contribution in [0.5, 0.6) is 0 Å². The van der Waals surface area contributed by atoms with Gasteiger partial charge in [0.2, 0.25) is 5.91 Å². The number of nitrogens with zero attached hydrogens (tertiary/aromatic N) is 3. The average molecular weight is 528 g/mol. The normalized spacial score (nSPS) is 16.9. The van der Waals surface area contributed by atoms with Crippen LogP contribution in [0.2, 0.25) is 0 Å². The second-order valence-electron chi connectivity index (χ2n) is 9.55. The largest absolute Gasteiger partial charge is 0.352 e. The number of rotatable bonds is 7. The van der Waals surface area contributed by atoms with E-state index in [0.29, 0.717) is 17.3 Å². The molecular weight excluding hydrogens is 497 g/mol. The van der Waals surface area contributed by atoms with Gasteiger partial charge in [-0.1, -0.05) is 36.4 Å². The summed E-state index contributed by atoms with van der Waals surface area (Å²) in [5, 5.41) is 7.01. The van der Waals surface area contributed by atoms with Crippen molar-refractivity contribution in [1.82, 2.24) is 19.8 Å². The van der Waals surface area contributed by atoms with Crippen LogP contribution in [-0.4, -0.2) is 32.0 Å². The molecule has 2 aromatic heterocycles. The first-order valence-electron chi connectivity index (χ1n) is 12.6. The number of hydrogen-bond acceptors (Lipinski definition) is 3. The van der Waals surface area contributed by atoms with E-state index in [9.17, 15) is 9.18 Å². The van der Waals surface area contributed by atoms with Crippen LogP contribution in [-0.2, 0) is 4.79 Å². The zero-order valence-electron chi connectivity index (χ0n) is 21.6. The maximum Gasteiger partial charge on any atom is 0.226 e. The third kappa shape index (κ3) is 4.91. The molecule has 38 heavy (non-hydrogen) atoms. The highest BCUT2D eigenvalue weighted by atomic mass is 32.1. The van der Waals surface area contributed by atoms with Crippen molar-refractivity contribution in [2.24, 2.45) is 0 Å². The van der Waals surface area contributed by atoms with Gasteiger partial charge in [0.05, 0.1) is 23.5 Å². The highest BCUT2D eigenvalue weighted by Gasteiger charge is 2.41. The first kappa shape index (κ1) is 25.6. The molecule has 1 amide bonds. The molecule has 1 saturated heterocycles. The lowest BCUT2D eigenvalue weighted by molar-refractivity contribution is -0.116. The molecule has 194 valence electrons. The fraction of sp³-hybridized carbons (Fsp3) is 0.233. The topological polar surface area (TPSA) is 62.2 Å². The van der Waals surface area contributed by atoms with E-state index in [1.807, 2.05) is 73.9 Å². The molecule has 2 N–H and O–H groups in total. The summed E-state index contributed by atoms with van der Waals surface area (Å²) in [4.78, 5) is 19.6. The van der Waals surface area contributed by atoms with Gasteiger partial charge in [0.15, 0.2) is 5.11 Å². The molecule has 1 aliphatic rings. The lowest BCUT2D eigenvalue weighted by atomic mass is 9.96. The smallest absolute Gasteiger partial charge is 0.226 e. The van der Waals surface area contributed by atoms with E-state index in [4.69, 9.17) is 12.2 Å². The van der Waals surface area contributed by atoms with Crippen molar-refractivity contribution in [2.45, 2.75) is 39.3 Å². The number of benzene rings is 2. The molecule has 2 aromatic carbocycles. The van der Waals surface area contributed by atoms with Crippen molar-refractivity contribution in [2.75, 3.05) is 11.9 Å². The Morgan fingerprint density at radius 2 is 1.79 bits per heavy atom. The zero-order valence-corrected chi connectivity index (χ0v) is 22.4. The summed E-state index contributed by atoms with van der Waals surface area (Å²) in [6.07, 6.45) is 2.02. The third-order valence-corrected chi connectivity index (χ3v) is 7.43. The molecule has 0 saturated carbocycles. The Kier molecular flexibility index (Phi) is 7.24. The highest BCUT2D eigenvalue weighted by molar-refractivity contribution is 7.80. The molecule has 3 heterocycles. The summed E-state index contributed by atoms with van der Waals surface area (Å²) in [5.74, 6) is -0.370. The van der Waals surface area contributed by atoms with Crippen LogP contribution >= 0.6 is 12.2 Å². The van der Waals surface area contributed by atoms with Gasteiger partial charge in [-0.05, 0) is 80.5 Å². The highest BCUT2D eigenvalue weighted by Crippen LogP contribution is 2.41. The van der Waals surface area contributed by atoms with Gasteiger partial charge >= 0.3 is 0 Å². The minimum atomic E-state index is -0.285. The van der Waals surface area contributed by atoms with Crippen molar-refractivity contribution in [3.8, 4) is 5.69 Å². The molecule has 0 spiro atoms. The minimum absolute atomic E-state index is 0.0843. The summed E-state index contributed by atoms with van der Waals surface area (Å²) in [6, 6.07) is 21.9. The van der Waals surface area contributed by atoms with Crippen LogP contribution < -0.4 is 10.6 Å². The molecule has 1 fully saturated rings. The van der Waals surface area contributed by atoms with Crippen molar-refractivity contribution in [1.29, 1.82) is 0 Å². The lowest BCUT2D eigenvalue weighted by Gasteiger charge is -2.28. The summed E-state index contributed by atoms with van der Waals surface area (Å²) < 4.78 is 16.7. The number of thiocarbonyl (C=S) groups is 1. The van der Waals surface area contributed by atoms with Gasteiger partial charge in [-0.15, -0.1) is 0 Å². The van der Waals surface area contributed by atoms with E-state index in [1.165, 1.54) is 6.07 Å². The van der Waals surface area contributed by atoms with Crippen LogP contribution in [0.3, 0.4) is 0 Å². The predicted molar refractivity (Wildman–Crippen MR) is 152 cm³/mol. The third-order valence-electron chi connectivity index (χ3n) is 7.08. The number of aryl methyl sites for hydroxylation is 2. The van der Waals surface area contributed by atoms with Crippen LogP contribution in [0.1, 0.15) is 46.7 Å². The Labute approximate surface area is 227 Å². The standard InChI is InChI=1S/C30H30FN5OS/c1-19-10-4-6-12-24(19)33-27(37)15-17-35-29(28(34-30(35)38)25-13-8-9-16-32-25)22-18-20(2)36(21(22)3)26-14-7-5-11-23(26)31/h4-14,16,18,28-29H,15,17H2,1-3H3,(H,33,37)(H,34,38)/t28-,29-/m0/s1. The minimum Gasteiger partial charge on any atom is -0.352 e.